The summed E-state index contributed by atoms with van der Waals surface area (Å²) in [5, 5.41) is 7.00. The molecule has 0 saturated carbocycles. The minimum absolute atomic E-state index is 0.0662. The zero-order valence-electron chi connectivity index (χ0n) is 15.8. The highest BCUT2D eigenvalue weighted by atomic mass is 32.2. The molecule has 3 aromatic rings. The molecule has 2 heterocycles. The number of hydrogen-bond donors (Lipinski definition) is 1. The number of nitrogens with zero attached hydrogens (tertiary/aromatic N) is 3. The molecule has 0 unspecified atom stereocenters. The van der Waals surface area contributed by atoms with E-state index in [2.05, 4.69) is 15.4 Å². The Morgan fingerprint density at radius 3 is 2.36 bits per heavy atom. The number of hydrogen-bond acceptors (Lipinski definition) is 5. The van der Waals surface area contributed by atoms with E-state index in [9.17, 15) is 13.2 Å². The Hall–Kier alpha value is -3.00. The van der Waals surface area contributed by atoms with Gasteiger partial charge in [-0.1, -0.05) is 18.2 Å². The van der Waals surface area contributed by atoms with Crippen molar-refractivity contribution in [3.8, 4) is 11.3 Å². The first-order valence-corrected chi connectivity index (χ1v) is 10.7. The smallest absolute Gasteiger partial charge is 0.220 e. The number of aromatic nitrogens is 3. The molecule has 0 bridgehead atoms. The van der Waals surface area contributed by atoms with E-state index in [1.807, 2.05) is 25.4 Å². The van der Waals surface area contributed by atoms with Crippen LogP contribution in [-0.2, 0) is 34.6 Å². The second kappa shape index (κ2) is 8.35. The molecule has 0 aliphatic rings. The number of amides is 1. The molecule has 28 heavy (non-hydrogen) atoms. The van der Waals surface area contributed by atoms with E-state index in [-0.39, 0.29) is 10.8 Å². The van der Waals surface area contributed by atoms with Crippen LogP contribution in [0.25, 0.3) is 11.3 Å². The molecule has 2 aromatic heterocycles. The van der Waals surface area contributed by atoms with Crippen molar-refractivity contribution in [2.24, 2.45) is 7.05 Å². The fraction of sp³-hybridized carbons (Fsp3) is 0.250. The van der Waals surface area contributed by atoms with Crippen LogP contribution in [0, 0.1) is 0 Å². The standard InChI is InChI=1S/C20H22N4O3S/c1-24-14-17(13-23-24)19-9-5-16(11-21-19)12-22-20(25)10-6-15-3-7-18(8-4-15)28(2,26)27/h3-5,7-9,11,13-14H,6,10,12H2,1-2H3,(H,22,25). The Morgan fingerprint density at radius 1 is 1.07 bits per heavy atom. The van der Waals surface area contributed by atoms with Crippen molar-refractivity contribution in [3.63, 3.8) is 0 Å². The molecule has 0 radical (unpaired) electrons. The van der Waals surface area contributed by atoms with Crippen molar-refractivity contribution in [1.29, 1.82) is 0 Å². The summed E-state index contributed by atoms with van der Waals surface area (Å²) in [6.45, 7) is 0.409. The Labute approximate surface area is 164 Å². The van der Waals surface area contributed by atoms with Gasteiger partial charge in [-0.15, -0.1) is 0 Å². The maximum absolute atomic E-state index is 12.1. The molecule has 0 aliphatic heterocycles. The van der Waals surface area contributed by atoms with Gasteiger partial charge in [0, 0.05) is 44.2 Å². The molecule has 1 N–H and O–H groups in total. The number of carbonyl (C=O) groups is 1. The Bertz CT molecular complexity index is 1060. The van der Waals surface area contributed by atoms with Gasteiger partial charge in [-0.05, 0) is 35.7 Å². The van der Waals surface area contributed by atoms with Crippen molar-refractivity contribution < 1.29 is 13.2 Å². The Balaban J connectivity index is 1.47. The average molecular weight is 398 g/mol. The molecule has 0 fully saturated rings. The quantitative estimate of drug-likeness (QED) is 0.658. The second-order valence-corrected chi connectivity index (χ2v) is 8.66. The molecule has 8 heteroatoms. The fourth-order valence-electron chi connectivity index (χ4n) is 2.70. The van der Waals surface area contributed by atoms with Crippen LogP contribution < -0.4 is 5.32 Å². The lowest BCUT2D eigenvalue weighted by atomic mass is 10.1. The molecule has 1 aromatic carbocycles. The van der Waals surface area contributed by atoms with Gasteiger partial charge in [0.1, 0.15) is 0 Å². The van der Waals surface area contributed by atoms with Gasteiger partial charge in [-0.3, -0.25) is 14.5 Å². The topological polar surface area (TPSA) is 94.0 Å². The third-order valence-electron chi connectivity index (χ3n) is 4.31. The summed E-state index contributed by atoms with van der Waals surface area (Å²) in [6, 6.07) is 10.5. The van der Waals surface area contributed by atoms with Gasteiger partial charge in [0.2, 0.25) is 5.91 Å². The van der Waals surface area contributed by atoms with E-state index < -0.39 is 9.84 Å². The minimum Gasteiger partial charge on any atom is -0.352 e. The van der Waals surface area contributed by atoms with E-state index in [0.29, 0.717) is 19.4 Å². The maximum atomic E-state index is 12.1. The van der Waals surface area contributed by atoms with Gasteiger partial charge in [0.05, 0.1) is 16.8 Å². The van der Waals surface area contributed by atoms with E-state index in [4.69, 9.17) is 0 Å². The number of sulfone groups is 1. The molecule has 0 saturated heterocycles. The molecular formula is C20H22N4O3S. The molecule has 0 atom stereocenters. The van der Waals surface area contributed by atoms with E-state index in [1.54, 1.807) is 41.3 Å². The van der Waals surface area contributed by atoms with Crippen molar-refractivity contribution in [2.75, 3.05) is 6.26 Å². The van der Waals surface area contributed by atoms with Crippen molar-refractivity contribution in [3.05, 3.63) is 66.1 Å². The van der Waals surface area contributed by atoms with Crippen molar-refractivity contribution in [1.82, 2.24) is 20.1 Å². The molecule has 146 valence electrons. The van der Waals surface area contributed by atoms with Gasteiger partial charge < -0.3 is 5.32 Å². The summed E-state index contributed by atoms with van der Waals surface area (Å²) in [5.74, 6) is -0.0662. The van der Waals surface area contributed by atoms with Crippen LogP contribution in [0.15, 0.2) is 59.9 Å². The predicted molar refractivity (Wildman–Crippen MR) is 106 cm³/mol. The molecule has 7 nitrogen and oxygen atoms in total. The largest absolute Gasteiger partial charge is 0.352 e. The monoisotopic (exact) mass is 398 g/mol. The van der Waals surface area contributed by atoms with Crippen molar-refractivity contribution >= 4 is 15.7 Å². The zero-order valence-corrected chi connectivity index (χ0v) is 16.6. The highest BCUT2D eigenvalue weighted by molar-refractivity contribution is 7.90. The number of rotatable bonds is 7. The van der Waals surface area contributed by atoms with E-state index in [1.165, 1.54) is 6.26 Å². The summed E-state index contributed by atoms with van der Waals surface area (Å²) in [6.07, 6.45) is 7.45. The third-order valence-corrected chi connectivity index (χ3v) is 5.44. The number of carbonyl (C=O) groups excluding carboxylic acids is 1. The second-order valence-electron chi connectivity index (χ2n) is 6.65. The van der Waals surface area contributed by atoms with E-state index >= 15 is 0 Å². The normalized spacial score (nSPS) is 11.4. The van der Waals surface area contributed by atoms with Gasteiger partial charge in [-0.25, -0.2) is 8.42 Å². The highest BCUT2D eigenvalue weighted by Crippen LogP contribution is 2.15. The van der Waals surface area contributed by atoms with Crippen LogP contribution in [0.2, 0.25) is 0 Å². The van der Waals surface area contributed by atoms with Gasteiger partial charge in [0.15, 0.2) is 9.84 Å². The summed E-state index contributed by atoms with van der Waals surface area (Å²) in [7, 11) is -1.35. The molecule has 1 amide bonds. The maximum Gasteiger partial charge on any atom is 0.220 e. The summed E-state index contributed by atoms with van der Waals surface area (Å²) >= 11 is 0. The summed E-state index contributed by atoms with van der Waals surface area (Å²) in [4.78, 5) is 16.8. The summed E-state index contributed by atoms with van der Waals surface area (Å²) in [5.41, 5.74) is 3.62. The number of benzene rings is 1. The van der Waals surface area contributed by atoms with Crippen LogP contribution in [0.1, 0.15) is 17.5 Å². The lowest BCUT2D eigenvalue weighted by Crippen LogP contribution is -2.23. The minimum atomic E-state index is -3.20. The van der Waals surface area contributed by atoms with Crippen LogP contribution in [0.3, 0.4) is 0 Å². The fourth-order valence-corrected chi connectivity index (χ4v) is 3.33. The summed E-state index contributed by atoms with van der Waals surface area (Å²) < 4.78 is 24.6. The first-order valence-electron chi connectivity index (χ1n) is 8.81. The van der Waals surface area contributed by atoms with E-state index in [0.717, 1.165) is 22.4 Å². The molecule has 0 aliphatic carbocycles. The predicted octanol–water partition coefficient (Wildman–Crippen LogP) is 2.13. The SMILES string of the molecule is Cn1cc(-c2ccc(CNC(=O)CCc3ccc(S(C)(=O)=O)cc3)cn2)cn1. The van der Waals surface area contributed by atoms with Crippen LogP contribution >= 0.6 is 0 Å². The molecule has 0 spiro atoms. The lowest BCUT2D eigenvalue weighted by Gasteiger charge is -2.06. The van der Waals surface area contributed by atoms with Crippen LogP contribution in [0.4, 0.5) is 0 Å². The Kier molecular flexibility index (Phi) is 5.89. The first-order chi connectivity index (χ1) is 13.3. The number of nitrogens with one attached hydrogen (secondary N) is 1. The van der Waals surface area contributed by atoms with Gasteiger partial charge in [0.25, 0.3) is 0 Å². The van der Waals surface area contributed by atoms with Crippen molar-refractivity contribution in [2.45, 2.75) is 24.3 Å². The number of pyridine rings is 1. The van der Waals surface area contributed by atoms with Gasteiger partial charge >= 0.3 is 0 Å². The molecular weight excluding hydrogens is 376 g/mol. The zero-order chi connectivity index (χ0) is 20.1. The van der Waals surface area contributed by atoms with Crippen LogP contribution in [0.5, 0.6) is 0 Å². The first kappa shape index (κ1) is 19.8. The third kappa shape index (κ3) is 5.26. The molecule has 3 rings (SSSR count). The highest BCUT2D eigenvalue weighted by Gasteiger charge is 2.08. The number of aryl methyl sites for hydroxylation is 2. The Morgan fingerprint density at radius 2 is 1.79 bits per heavy atom. The lowest BCUT2D eigenvalue weighted by molar-refractivity contribution is -0.121. The average Bonchev–Trinajstić information content (AvgIpc) is 3.11. The van der Waals surface area contributed by atoms with Crippen LogP contribution in [-0.4, -0.2) is 35.3 Å². The van der Waals surface area contributed by atoms with Gasteiger partial charge in [-0.2, -0.15) is 5.10 Å².